The number of halogens is 2. The van der Waals surface area contributed by atoms with E-state index in [0.29, 0.717) is 18.2 Å². The van der Waals surface area contributed by atoms with Crippen molar-refractivity contribution in [1.29, 1.82) is 0 Å². The molecule has 0 aliphatic heterocycles. The summed E-state index contributed by atoms with van der Waals surface area (Å²) in [5.41, 5.74) is 1.84. The number of benzene rings is 1. The van der Waals surface area contributed by atoms with Crippen LogP contribution >= 0.6 is 27.5 Å². The van der Waals surface area contributed by atoms with E-state index < -0.39 is 8.07 Å². The normalized spacial score (nSPS) is 12.6. The molecule has 2 rings (SSSR count). The Labute approximate surface area is 157 Å². The van der Waals surface area contributed by atoms with Gasteiger partial charge in [0.15, 0.2) is 0 Å². The maximum absolute atomic E-state index is 8.89. The third kappa shape index (κ3) is 5.16. The Balaban J connectivity index is 2.17. The molecule has 1 heterocycles. The van der Waals surface area contributed by atoms with E-state index in [0.717, 1.165) is 33.6 Å². The first-order valence-corrected chi connectivity index (χ1v) is 12.9. The standard InChI is InChI=1S/C17H24BrClN2O2Si/c1-24(2,3)9-8-23-12-21-16-10-15(19)13(6-4-5-7-22)17(18)14(16)11-20-21/h4,6,10-11,22H,5,7-9,12H2,1-3H3/b6-4+. The molecule has 0 unspecified atom stereocenters. The lowest BCUT2D eigenvalue weighted by atomic mass is 10.1. The van der Waals surface area contributed by atoms with Gasteiger partial charge >= 0.3 is 0 Å². The minimum Gasteiger partial charge on any atom is -0.396 e. The van der Waals surface area contributed by atoms with Crippen LogP contribution in [0.15, 0.2) is 22.8 Å². The van der Waals surface area contributed by atoms with Crippen LogP contribution in [0.1, 0.15) is 12.0 Å². The minimum atomic E-state index is -1.08. The molecular weight excluding hydrogens is 408 g/mol. The molecule has 0 bridgehead atoms. The Morgan fingerprint density at radius 1 is 1.42 bits per heavy atom. The van der Waals surface area contributed by atoms with Crippen molar-refractivity contribution in [1.82, 2.24) is 9.78 Å². The number of hydrogen-bond acceptors (Lipinski definition) is 3. The summed E-state index contributed by atoms with van der Waals surface area (Å²) in [6.07, 6.45) is 6.25. The van der Waals surface area contributed by atoms with Gasteiger partial charge in [-0.15, -0.1) is 0 Å². The minimum absolute atomic E-state index is 0.126. The maximum Gasteiger partial charge on any atom is 0.139 e. The van der Waals surface area contributed by atoms with Gasteiger partial charge in [-0.05, 0) is 34.5 Å². The third-order valence-corrected chi connectivity index (χ3v) is 6.54. The number of aromatic nitrogens is 2. The van der Waals surface area contributed by atoms with Crippen LogP contribution in [0.2, 0.25) is 30.7 Å². The van der Waals surface area contributed by atoms with E-state index in [1.165, 1.54) is 0 Å². The molecule has 1 aromatic carbocycles. The van der Waals surface area contributed by atoms with E-state index in [4.69, 9.17) is 21.4 Å². The lowest BCUT2D eigenvalue weighted by Crippen LogP contribution is -2.22. The zero-order valence-electron chi connectivity index (χ0n) is 14.4. The molecule has 0 aliphatic rings. The molecule has 0 radical (unpaired) electrons. The second-order valence-electron chi connectivity index (χ2n) is 6.93. The second-order valence-corrected chi connectivity index (χ2v) is 13.7. The van der Waals surface area contributed by atoms with Crippen LogP contribution in [0.25, 0.3) is 17.0 Å². The molecule has 0 amide bonds. The van der Waals surface area contributed by atoms with Gasteiger partial charge in [-0.2, -0.15) is 5.10 Å². The first kappa shape index (κ1) is 19.7. The Kier molecular flexibility index (Phi) is 7.06. The molecule has 0 spiro atoms. The number of fused-ring (bicyclic) bond motifs is 1. The molecule has 24 heavy (non-hydrogen) atoms. The fraction of sp³-hybridized carbons (Fsp3) is 0.471. The van der Waals surface area contributed by atoms with Crippen LogP contribution in [-0.4, -0.2) is 36.2 Å². The molecule has 0 aliphatic carbocycles. The lowest BCUT2D eigenvalue weighted by molar-refractivity contribution is 0.0817. The fourth-order valence-electron chi connectivity index (χ4n) is 2.22. The molecular formula is C17H24BrClN2O2Si. The van der Waals surface area contributed by atoms with Crippen molar-refractivity contribution in [3.8, 4) is 0 Å². The van der Waals surface area contributed by atoms with E-state index in [-0.39, 0.29) is 6.61 Å². The van der Waals surface area contributed by atoms with Crippen LogP contribution in [0.3, 0.4) is 0 Å². The number of ether oxygens (including phenoxy) is 1. The van der Waals surface area contributed by atoms with Crippen molar-refractivity contribution in [3.05, 3.63) is 33.4 Å². The topological polar surface area (TPSA) is 47.3 Å². The molecule has 0 saturated carbocycles. The van der Waals surface area contributed by atoms with E-state index >= 15 is 0 Å². The lowest BCUT2D eigenvalue weighted by Gasteiger charge is -2.15. The molecule has 4 nitrogen and oxygen atoms in total. The average molecular weight is 432 g/mol. The van der Waals surface area contributed by atoms with Crippen LogP contribution in [0.4, 0.5) is 0 Å². The van der Waals surface area contributed by atoms with Gasteiger partial charge in [-0.1, -0.05) is 43.4 Å². The molecule has 0 saturated heterocycles. The van der Waals surface area contributed by atoms with Gasteiger partial charge in [-0.3, -0.25) is 0 Å². The van der Waals surface area contributed by atoms with E-state index in [1.54, 1.807) is 0 Å². The van der Waals surface area contributed by atoms with E-state index in [1.807, 2.05) is 29.1 Å². The van der Waals surface area contributed by atoms with Crippen molar-refractivity contribution >= 4 is 52.6 Å². The van der Waals surface area contributed by atoms with Crippen LogP contribution in [-0.2, 0) is 11.5 Å². The summed E-state index contributed by atoms with van der Waals surface area (Å²) in [7, 11) is -1.08. The smallest absolute Gasteiger partial charge is 0.139 e. The highest BCUT2D eigenvalue weighted by Crippen LogP contribution is 2.34. The molecule has 0 fully saturated rings. The summed E-state index contributed by atoms with van der Waals surface area (Å²) in [4.78, 5) is 0. The Bertz CT molecular complexity index is 725. The van der Waals surface area contributed by atoms with Crippen molar-refractivity contribution in [2.45, 2.75) is 38.8 Å². The largest absolute Gasteiger partial charge is 0.396 e. The van der Waals surface area contributed by atoms with E-state index in [2.05, 4.69) is 40.7 Å². The van der Waals surface area contributed by atoms with Crippen LogP contribution < -0.4 is 0 Å². The number of hydrogen-bond donors (Lipinski definition) is 1. The Morgan fingerprint density at radius 3 is 2.83 bits per heavy atom. The maximum atomic E-state index is 8.89. The molecule has 1 N–H and O–H groups in total. The van der Waals surface area contributed by atoms with Gasteiger partial charge in [0.25, 0.3) is 0 Å². The first-order valence-electron chi connectivity index (χ1n) is 8.02. The highest BCUT2D eigenvalue weighted by molar-refractivity contribution is 9.10. The highest BCUT2D eigenvalue weighted by atomic mass is 79.9. The Hall–Kier alpha value is -0.663. The van der Waals surface area contributed by atoms with Gasteiger partial charge in [0, 0.05) is 36.7 Å². The Morgan fingerprint density at radius 2 is 2.17 bits per heavy atom. The monoisotopic (exact) mass is 430 g/mol. The van der Waals surface area contributed by atoms with Crippen molar-refractivity contribution < 1.29 is 9.84 Å². The van der Waals surface area contributed by atoms with Crippen LogP contribution in [0, 0.1) is 0 Å². The SMILES string of the molecule is C[Si](C)(C)CCOCn1ncc2c(Br)c(/C=C/CCO)c(Cl)cc21. The third-order valence-electron chi connectivity index (χ3n) is 3.66. The predicted molar refractivity (Wildman–Crippen MR) is 107 cm³/mol. The quantitative estimate of drug-likeness (QED) is 0.464. The van der Waals surface area contributed by atoms with Gasteiger partial charge in [-0.25, -0.2) is 4.68 Å². The number of aliphatic hydroxyl groups excluding tert-OH is 1. The molecule has 132 valence electrons. The molecule has 1 aromatic heterocycles. The zero-order valence-corrected chi connectivity index (χ0v) is 17.7. The summed E-state index contributed by atoms with van der Waals surface area (Å²) in [5, 5.41) is 15.0. The second kappa shape index (κ2) is 8.63. The summed E-state index contributed by atoms with van der Waals surface area (Å²) < 4.78 is 8.53. The summed E-state index contributed by atoms with van der Waals surface area (Å²) in [6, 6.07) is 3.05. The highest BCUT2D eigenvalue weighted by Gasteiger charge is 2.14. The van der Waals surface area contributed by atoms with Crippen molar-refractivity contribution in [2.24, 2.45) is 0 Å². The summed E-state index contributed by atoms with van der Waals surface area (Å²) in [6.45, 7) is 8.32. The number of nitrogens with zero attached hydrogens (tertiary/aromatic N) is 2. The van der Waals surface area contributed by atoms with Gasteiger partial charge < -0.3 is 9.84 Å². The average Bonchev–Trinajstić information content (AvgIpc) is 2.89. The molecule has 7 heteroatoms. The van der Waals surface area contributed by atoms with Crippen LogP contribution in [0.5, 0.6) is 0 Å². The predicted octanol–water partition coefficient (Wildman–Crippen LogP) is 5.16. The number of aliphatic hydroxyl groups is 1. The van der Waals surface area contributed by atoms with Crippen molar-refractivity contribution in [2.75, 3.05) is 13.2 Å². The molecule has 2 aromatic rings. The van der Waals surface area contributed by atoms with Gasteiger partial charge in [0.1, 0.15) is 6.73 Å². The summed E-state index contributed by atoms with van der Waals surface area (Å²) >= 11 is 10.0. The van der Waals surface area contributed by atoms with Gasteiger partial charge in [0.05, 0.1) is 16.7 Å². The fourth-order valence-corrected chi connectivity index (χ4v) is 4.01. The zero-order chi connectivity index (χ0) is 17.7. The van der Waals surface area contributed by atoms with Gasteiger partial charge in [0.2, 0.25) is 0 Å². The molecule has 0 atom stereocenters. The van der Waals surface area contributed by atoms with E-state index in [9.17, 15) is 0 Å². The first-order chi connectivity index (χ1) is 11.3. The number of rotatable bonds is 8. The van der Waals surface area contributed by atoms with Crippen molar-refractivity contribution in [3.63, 3.8) is 0 Å². The summed E-state index contributed by atoms with van der Waals surface area (Å²) in [5.74, 6) is 0.